The highest BCUT2D eigenvalue weighted by Crippen LogP contribution is 2.27. The van der Waals surface area contributed by atoms with E-state index in [2.05, 4.69) is 20.3 Å². The number of aromatic nitrogens is 4. The largest absolute Gasteiger partial charge is 0.350 e. The zero-order valence-corrected chi connectivity index (χ0v) is 16.9. The van der Waals surface area contributed by atoms with Gasteiger partial charge in [0.25, 0.3) is 11.5 Å². The van der Waals surface area contributed by atoms with Gasteiger partial charge < -0.3 is 9.88 Å². The minimum absolute atomic E-state index is 0.0387. The van der Waals surface area contributed by atoms with Gasteiger partial charge in [-0.05, 0) is 36.2 Å². The number of aryl methyl sites for hydroxylation is 1. The van der Waals surface area contributed by atoms with Crippen LogP contribution >= 0.6 is 11.6 Å². The van der Waals surface area contributed by atoms with Crippen LogP contribution in [-0.4, -0.2) is 32.0 Å². The fourth-order valence-electron chi connectivity index (χ4n) is 3.33. The van der Waals surface area contributed by atoms with E-state index in [1.165, 1.54) is 0 Å². The van der Waals surface area contributed by atoms with Crippen LogP contribution in [0, 0.1) is 0 Å². The summed E-state index contributed by atoms with van der Waals surface area (Å²) in [5.74, 6) is -0.0546. The lowest BCUT2D eigenvalue weighted by molar-refractivity contribution is 0.0952. The van der Waals surface area contributed by atoms with Gasteiger partial charge in [0, 0.05) is 23.7 Å². The van der Waals surface area contributed by atoms with E-state index < -0.39 is 11.2 Å². The minimum Gasteiger partial charge on any atom is -0.350 e. The van der Waals surface area contributed by atoms with E-state index in [4.69, 9.17) is 11.6 Å². The predicted molar refractivity (Wildman–Crippen MR) is 114 cm³/mol. The Morgan fingerprint density at radius 2 is 1.93 bits per heavy atom. The van der Waals surface area contributed by atoms with Gasteiger partial charge in [0.15, 0.2) is 11.5 Å². The number of fused-ring (bicyclic) bond motifs is 2. The van der Waals surface area contributed by atoms with Crippen molar-refractivity contribution in [3.8, 4) is 11.5 Å². The molecule has 2 heterocycles. The minimum atomic E-state index is -0.750. The van der Waals surface area contributed by atoms with Crippen LogP contribution in [0.4, 0.5) is 0 Å². The van der Waals surface area contributed by atoms with Crippen LogP contribution in [0.2, 0.25) is 5.02 Å². The van der Waals surface area contributed by atoms with Gasteiger partial charge in [0.2, 0.25) is 0 Å². The molecule has 4 rings (SSSR count). The van der Waals surface area contributed by atoms with Crippen molar-refractivity contribution in [3.63, 3.8) is 0 Å². The lowest BCUT2D eigenvalue weighted by atomic mass is 10.1. The predicted octanol–water partition coefficient (Wildman–Crippen LogP) is 2.23. The molecule has 0 unspecified atom stereocenters. The Hall–Kier alpha value is -3.52. The van der Waals surface area contributed by atoms with Crippen molar-refractivity contribution in [2.45, 2.75) is 19.9 Å². The molecule has 0 aromatic heterocycles. The first-order valence-electron chi connectivity index (χ1n) is 9.44. The molecule has 8 nitrogen and oxygen atoms in total. The standard InChI is InChI=1S/C21H18ClN5O3/c1-2-12-10-16-15(11-14(12)22)24-17-18(25-21(30)26-20(17)29)27(16)9-8-23-19(28)13-6-4-3-5-7-13/h3-7,10-11H,2,8-9H2,1H3,(H,23,28)(H,26,29,30). The normalized spacial score (nSPS) is 11.1. The molecule has 0 atom stereocenters. The molecule has 2 N–H and O–H groups in total. The number of carbonyl (C=O) groups excluding carboxylic acids is 1. The summed E-state index contributed by atoms with van der Waals surface area (Å²) >= 11 is 6.33. The van der Waals surface area contributed by atoms with E-state index in [-0.39, 0.29) is 30.5 Å². The number of carbonyl (C=O) groups is 1. The third kappa shape index (κ3) is 3.69. The van der Waals surface area contributed by atoms with Crippen molar-refractivity contribution < 1.29 is 4.79 Å². The van der Waals surface area contributed by atoms with Gasteiger partial charge in [-0.2, -0.15) is 4.98 Å². The summed E-state index contributed by atoms with van der Waals surface area (Å²) in [7, 11) is 0. The molecule has 9 heteroatoms. The first kappa shape index (κ1) is 19.8. The van der Waals surface area contributed by atoms with Crippen molar-refractivity contribution in [2.24, 2.45) is 0 Å². The zero-order valence-electron chi connectivity index (χ0n) is 16.1. The van der Waals surface area contributed by atoms with Gasteiger partial charge in [0.1, 0.15) is 0 Å². The number of nitrogens with one attached hydrogen (secondary N) is 2. The Labute approximate surface area is 175 Å². The topological polar surface area (TPSA) is 110 Å². The van der Waals surface area contributed by atoms with Crippen LogP contribution in [0.3, 0.4) is 0 Å². The number of hydrogen-bond donors (Lipinski definition) is 2. The van der Waals surface area contributed by atoms with E-state index in [0.717, 1.165) is 5.56 Å². The average molecular weight is 424 g/mol. The molecule has 2 aromatic carbocycles. The van der Waals surface area contributed by atoms with E-state index in [9.17, 15) is 14.4 Å². The van der Waals surface area contributed by atoms with E-state index >= 15 is 0 Å². The Balaban J connectivity index is 1.78. The quantitative estimate of drug-likeness (QED) is 0.478. The number of benzene rings is 2. The molecule has 0 saturated carbocycles. The second kappa shape index (κ2) is 8.08. The molecule has 2 aliphatic rings. The molecule has 0 aliphatic carbocycles. The van der Waals surface area contributed by atoms with Gasteiger partial charge in [-0.1, -0.05) is 36.7 Å². The van der Waals surface area contributed by atoms with E-state index in [1.807, 2.05) is 19.1 Å². The van der Waals surface area contributed by atoms with E-state index in [1.54, 1.807) is 34.9 Å². The van der Waals surface area contributed by atoms with Gasteiger partial charge in [0.05, 0.1) is 11.0 Å². The summed E-state index contributed by atoms with van der Waals surface area (Å²) in [6.07, 6.45) is 0.702. The van der Waals surface area contributed by atoms with Crippen molar-refractivity contribution in [1.82, 2.24) is 24.8 Å². The van der Waals surface area contributed by atoms with Crippen LogP contribution in [-0.2, 0) is 13.0 Å². The first-order valence-corrected chi connectivity index (χ1v) is 9.82. The number of aromatic amines is 1. The number of amides is 1. The van der Waals surface area contributed by atoms with E-state index in [0.29, 0.717) is 28.0 Å². The lowest BCUT2D eigenvalue weighted by Crippen LogP contribution is -2.31. The number of nitrogens with zero attached hydrogens (tertiary/aromatic N) is 3. The lowest BCUT2D eigenvalue weighted by Gasteiger charge is -2.18. The maximum absolute atomic E-state index is 12.3. The van der Waals surface area contributed by atoms with Crippen LogP contribution in [0.25, 0.3) is 22.6 Å². The fourth-order valence-corrected chi connectivity index (χ4v) is 3.62. The van der Waals surface area contributed by atoms with Crippen molar-refractivity contribution >= 4 is 28.5 Å². The molecule has 2 aromatic rings. The molecule has 0 radical (unpaired) electrons. The highest BCUT2D eigenvalue weighted by atomic mass is 35.5. The molecule has 1 amide bonds. The van der Waals surface area contributed by atoms with Gasteiger partial charge in [-0.25, -0.2) is 9.78 Å². The van der Waals surface area contributed by atoms with Crippen LogP contribution in [0.5, 0.6) is 0 Å². The van der Waals surface area contributed by atoms with Crippen LogP contribution in [0.1, 0.15) is 22.8 Å². The fraction of sp³-hybridized carbons (Fsp3) is 0.190. The van der Waals surface area contributed by atoms with Gasteiger partial charge in [-0.15, -0.1) is 0 Å². The summed E-state index contributed by atoms with van der Waals surface area (Å²) in [6, 6.07) is 12.4. The average Bonchev–Trinajstić information content (AvgIpc) is 2.74. The molecule has 30 heavy (non-hydrogen) atoms. The number of hydrogen-bond acceptors (Lipinski definition) is 5. The number of halogens is 1. The van der Waals surface area contributed by atoms with Crippen molar-refractivity contribution in [3.05, 3.63) is 79.5 Å². The molecule has 152 valence electrons. The zero-order chi connectivity index (χ0) is 21.3. The monoisotopic (exact) mass is 423 g/mol. The molecule has 0 spiro atoms. The van der Waals surface area contributed by atoms with Crippen LogP contribution in [0.15, 0.2) is 52.1 Å². The third-order valence-corrected chi connectivity index (χ3v) is 5.17. The third-order valence-electron chi connectivity index (χ3n) is 4.81. The summed E-state index contributed by atoms with van der Waals surface area (Å²) in [6.45, 7) is 2.53. The Kier molecular flexibility index (Phi) is 5.33. The maximum atomic E-state index is 12.3. The van der Waals surface area contributed by atoms with Gasteiger partial charge in [-0.3, -0.25) is 14.6 Å². The second-order valence-electron chi connectivity index (χ2n) is 6.71. The summed E-state index contributed by atoms with van der Waals surface area (Å²) in [4.78, 5) is 46.9. The maximum Gasteiger partial charge on any atom is 0.349 e. The number of rotatable bonds is 5. The highest BCUT2D eigenvalue weighted by molar-refractivity contribution is 6.32. The van der Waals surface area contributed by atoms with Crippen molar-refractivity contribution in [1.29, 1.82) is 0 Å². The summed E-state index contributed by atoms with van der Waals surface area (Å²) in [5, 5.41) is 3.39. The SMILES string of the molecule is CCc1cc2c(cc1Cl)nc1c(=O)[nH]c(=O)nc-1n2CCNC(=O)c1ccccc1. The summed E-state index contributed by atoms with van der Waals surface area (Å²) < 4.78 is 1.72. The summed E-state index contributed by atoms with van der Waals surface area (Å²) in [5.41, 5.74) is 1.30. The molecule has 0 fully saturated rings. The molecular weight excluding hydrogens is 406 g/mol. The smallest absolute Gasteiger partial charge is 0.349 e. The Morgan fingerprint density at radius 1 is 1.17 bits per heavy atom. The van der Waals surface area contributed by atoms with Gasteiger partial charge >= 0.3 is 5.69 Å². The van der Waals surface area contributed by atoms with Crippen molar-refractivity contribution in [2.75, 3.05) is 6.54 Å². The Morgan fingerprint density at radius 3 is 2.67 bits per heavy atom. The first-order chi connectivity index (χ1) is 14.5. The highest BCUT2D eigenvalue weighted by Gasteiger charge is 2.19. The second-order valence-corrected chi connectivity index (χ2v) is 7.12. The number of H-pyrrole nitrogens is 1. The molecule has 2 aliphatic heterocycles. The van der Waals surface area contributed by atoms with Crippen LogP contribution < -0.4 is 16.6 Å². The molecule has 0 bridgehead atoms. The molecular formula is C21H18ClN5O3. The Bertz CT molecular complexity index is 1330. The molecule has 0 saturated heterocycles.